The maximum atomic E-state index is 12.2. The molecule has 0 spiro atoms. The summed E-state index contributed by atoms with van der Waals surface area (Å²) < 4.78 is 0. The fraction of sp³-hybridized carbons (Fsp3) is 0.179. The first kappa shape index (κ1) is 24.2. The Morgan fingerprint density at radius 3 is 2.23 bits per heavy atom. The Bertz CT molecular complexity index is 1270. The third kappa shape index (κ3) is 6.33. The Balaban J connectivity index is 1.40. The molecule has 0 saturated heterocycles. The quantitative estimate of drug-likeness (QED) is 0.301. The van der Waals surface area contributed by atoms with Crippen molar-refractivity contribution in [2.45, 2.75) is 19.9 Å². The molecule has 1 aromatic heterocycles. The minimum absolute atomic E-state index is 0.0950. The fourth-order valence-electron chi connectivity index (χ4n) is 3.69. The van der Waals surface area contributed by atoms with E-state index in [1.807, 2.05) is 30.3 Å². The number of anilines is 1. The van der Waals surface area contributed by atoms with Gasteiger partial charge in [0.2, 0.25) is 0 Å². The number of hydrogen-bond acceptors (Lipinski definition) is 5. The summed E-state index contributed by atoms with van der Waals surface area (Å²) >= 11 is 1.62. The molecule has 0 aliphatic heterocycles. The van der Waals surface area contributed by atoms with Gasteiger partial charge in [-0.1, -0.05) is 66.7 Å². The van der Waals surface area contributed by atoms with E-state index in [1.165, 1.54) is 11.1 Å². The molecule has 0 bridgehead atoms. The molecule has 4 rings (SSSR count). The van der Waals surface area contributed by atoms with Crippen LogP contribution in [0.2, 0.25) is 0 Å². The average molecular weight is 486 g/mol. The van der Waals surface area contributed by atoms with Gasteiger partial charge in [0.1, 0.15) is 0 Å². The van der Waals surface area contributed by atoms with Gasteiger partial charge in [-0.2, -0.15) is 0 Å². The van der Waals surface area contributed by atoms with Crippen molar-refractivity contribution in [2.75, 3.05) is 18.0 Å². The number of nitrogens with one attached hydrogen (secondary N) is 1. The van der Waals surface area contributed by atoms with Crippen molar-refractivity contribution in [3.8, 4) is 22.4 Å². The number of rotatable bonds is 10. The van der Waals surface area contributed by atoms with E-state index in [2.05, 4.69) is 58.9 Å². The van der Waals surface area contributed by atoms with E-state index >= 15 is 0 Å². The van der Waals surface area contributed by atoms with Gasteiger partial charge >= 0.3 is 5.97 Å². The number of amides is 1. The molecule has 0 aliphatic rings. The summed E-state index contributed by atoms with van der Waals surface area (Å²) in [6, 6.07) is 26.2. The lowest BCUT2D eigenvalue weighted by Crippen LogP contribution is -2.26. The molecule has 1 amide bonds. The molecule has 0 radical (unpaired) electrons. The van der Waals surface area contributed by atoms with Crippen molar-refractivity contribution in [3.63, 3.8) is 0 Å². The minimum atomic E-state index is -0.935. The van der Waals surface area contributed by atoms with Crippen LogP contribution in [0.15, 0.2) is 84.2 Å². The van der Waals surface area contributed by atoms with E-state index in [1.54, 1.807) is 23.5 Å². The van der Waals surface area contributed by atoms with Gasteiger partial charge in [0.15, 0.2) is 5.13 Å². The molecule has 3 aromatic carbocycles. The highest BCUT2D eigenvalue weighted by atomic mass is 32.1. The number of carbonyl (C=O) groups is 2. The topological polar surface area (TPSA) is 82.5 Å². The summed E-state index contributed by atoms with van der Waals surface area (Å²) in [7, 11) is 0. The maximum Gasteiger partial charge on any atom is 0.305 e. The van der Waals surface area contributed by atoms with Crippen molar-refractivity contribution in [2.24, 2.45) is 0 Å². The van der Waals surface area contributed by atoms with Gasteiger partial charge in [0, 0.05) is 36.1 Å². The second-order valence-electron chi connectivity index (χ2n) is 8.07. The van der Waals surface area contributed by atoms with Crippen LogP contribution in [0.1, 0.15) is 29.3 Å². The molecule has 0 unspecified atom stereocenters. The molecule has 2 N–H and O–H groups in total. The Kier molecular flexibility index (Phi) is 7.90. The van der Waals surface area contributed by atoms with Gasteiger partial charge in [-0.15, -0.1) is 11.3 Å². The van der Waals surface area contributed by atoms with E-state index in [0.29, 0.717) is 12.1 Å². The van der Waals surface area contributed by atoms with Crippen molar-refractivity contribution < 1.29 is 14.7 Å². The standard InChI is InChI=1S/C28H27N3O3S/c1-2-31(18-20-8-10-24(11-9-20)27(34)29-17-16-26(32)33)28-30-25(19-35-28)23-14-12-22(13-15-23)21-6-4-3-5-7-21/h3-15,19H,2,16-18H2,1H3,(H,29,34)(H,32,33). The smallest absolute Gasteiger partial charge is 0.305 e. The van der Waals surface area contributed by atoms with Crippen LogP contribution in [-0.4, -0.2) is 35.1 Å². The number of thiazole rings is 1. The lowest BCUT2D eigenvalue weighted by Gasteiger charge is -2.20. The highest BCUT2D eigenvalue weighted by Crippen LogP contribution is 2.30. The summed E-state index contributed by atoms with van der Waals surface area (Å²) in [6.07, 6.45) is -0.0950. The van der Waals surface area contributed by atoms with Crippen molar-refractivity contribution in [3.05, 3.63) is 95.4 Å². The summed E-state index contributed by atoms with van der Waals surface area (Å²) in [6.45, 7) is 3.69. The lowest BCUT2D eigenvalue weighted by atomic mass is 10.0. The Morgan fingerprint density at radius 1 is 0.914 bits per heavy atom. The first-order valence-corrected chi connectivity index (χ1v) is 12.4. The van der Waals surface area contributed by atoms with Crippen LogP contribution >= 0.6 is 11.3 Å². The molecule has 7 heteroatoms. The number of nitrogens with zero attached hydrogens (tertiary/aromatic N) is 2. The first-order valence-electron chi connectivity index (χ1n) is 11.5. The molecule has 178 valence electrons. The van der Waals surface area contributed by atoms with Gasteiger partial charge in [-0.05, 0) is 35.7 Å². The largest absolute Gasteiger partial charge is 0.481 e. The second-order valence-corrected chi connectivity index (χ2v) is 8.91. The molecule has 0 saturated carbocycles. The van der Waals surface area contributed by atoms with E-state index < -0.39 is 5.97 Å². The van der Waals surface area contributed by atoms with Gasteiger partial charge < -0.3 is 15.3 Å². The van der Waals surface area contributed by atoms with Crippen LogP contribution in [0.3, 0.4) is 0 Å². The SMILES string of the molecule is CCN(Cc1ccc(C(=O)NCCC(=O)O)cc1)c1nc(-c2ccc(-c3ccccc3)cc2)cs1. The van der Waals surface area contributed by atoms with Crippen molar-refractivity contribution in [1.29, 1.82) is 0 Å². The van der Waals surface area contributed by atoms with Crippen LogP contribution in [0, 0.1) is 0 Å². The van der Waals surface area contributed by atoms with Crippen LogP contribution in [0.4, 0.5) is 5.13 Å². The second kappa shape index (κ2) is 11.4. The molecule has 0 fully saturated rings. The molecular weight excluding hydrogens is 458 g/mol. The zero-order valence-corrected chi connectivity index (χ0v) is 20.3. The molecule has 35 heavy (non-hydrogen) atoms. The zero-order chi connectivity index (χ0) is 24.6. The minimum Gasteiger partial charge on any atom is -0.481 e. The summed E-state index contributed by atoms with van der Waals surface area (Å²) in [4.78, 5) is 29.8. The van der Waals surface area contributed by atoms with Gasteiger partial charge in [-0.3, -0.25) is 9.59 Å². The fourth-order valence-corrected chi connectivity index (χ4v) is 4.59. The zero-order valence-electron chi connectivity index (χ0n) is 19.5. The highest BCUT2D eigenvalue weighted by Gasteiger charge is 2.13. The molecule has 0 atom stereocenters. The average Bonchev–Trinajstić information content (AvgIpc) is 3.38. The maximum absolute atomic E-state index is 12.2. The van der Waals surface area contributed by atoms with Gasteiger partial charge in [0.05, 0.1) is 12.1 Å². The summed E-state index contributed by atoms with van der Waals surface area (Å²) in [5, 5.41) is 14.3. The number of benzene rings is 3. The van der Waals surface area contributed by atoms with E-state index in [0.717, 1.165) is 28.5 Å². The highest BCUT2D eigenvalue weighted by molar-refractivity contribution is 7.14. The normalized spacial score (nSPS) is 10.7. The van der Waals surface area contributed by atoms with Crippen LogP contribution in [0.5, 0.6) is 0 Å². The van der Waals surface area contributed by atoms with Crippen molar-refractivity contribution >= 4 is 28.3 Å². The lowest BCUT2D eigenvalue weighted by molar-refractivity contribution is -0.136. The number of carboxylic acids is 1. The third-order valence-electron chi connectivity index (χ3n) is 5.65. The summed E-state index contributed by atoms with van der Waals surface area (Å²) in [5.74, 6) is -1.21. The van der Waals surface area contributed by atoms with E-state index in [9.17, 15) is 9.59 Å². The monoisotopic (exact) mass is 485 g/mol. The molecule has 0 aliphatic carbocycles. The van der Waals surface area contributed by atoms with Gasteiger partial charge in [0.25, 0.3) is 5.91 Å². The van der Waals surface area contributed by atoms with Crippen LogP contribution in [0.25, 0.3) is 22.4 Å². The van der Waals surface area contributed by atoms with E-state index in [4.69, 9.17) is 10.1 Å². The van der Waals surface area contributed by atoms with Crippen LogP contribution in [-0.2, 0) is 11.3 Å². The molecular formula is C28H27N3O3S. The number of aromatic nitrogens is 1. The van der Waals surface area contributed by atoms with Crippen molar-refractivity contribution in [1.82, 2.24) is 10.3 Å². The third-order valence-corrected chi connectivity index (χ3v) is 6.55. The summed E-state index contributed by atoms with van der Waals surface area (Å²) in [5.41, 5.74) is 5.99. The number of aliphatic carboxylic acids is 1. The van der Waals surface area contributed by atoms with Crippen LogP contribution < -0.4 is 10.2 Å². The Morgan fingerprint density at radius 2 is 1.57 bits per heavy atom. The molecule has 6 nitrogen and oxygen atoms in total. The Labute approximate surface area is 208 Å². The Hall–Kier alpha value is -3.97. The molecule has 4 aromatic rings. The number of carbonyl (C=O) groups excluding carboxylic acids is 1. The van der Waals surface area contributed by atoms with E-state index in [-0.39, 0.29) is 18.9 Å². The first-order chi connectivity index (χ1) is 17.0. The predicted molar refractivity (Wildman–Crippen MR) is 141 cm³/mol. The van der Waals surface area contributed by atoms with Gasteiger partial charge in [-0.25, -0.2) is 4.98 Å². The number of hydrogen-bond donors (Lipinski definition) is 2. The number of carboxylic acid groups (broad SMARTS) is 1. The molecule has 1 heterocycles. The predicted octanol–water partition coefficient (Wildman–Crippen LogP) is 5.71.